The molecule has 1 atom stereocenters. The second-order valence-corrected chi connectivity index (χ2v) is 6.44. The van der Waals surface area contributed by atoms with Crippen molar-refractivity contribution in [1.29, 1.82) is 0 Å². The third-order valence-corrected chi connectivity index (χ3v) is 3.83. The minimum absolute atomic E-state index is 0. The first kappa shape index (κ1) is 18.2. The van der Waals surface area contributed by atoms with Gasteiger partial charge in [-0.2, -0.15) is 0 Å². The van der Waals surface area contributed by atoms with Gasteiger partial charge >= 0.3 is 0 Å². The highest BCUT2D eigenvalue weighted by atomic mass is 35.5. The van der Waals surface area contributed by atoms with Crippen molar-refractivity contribution < 1.29 is 9.13 Å². The van der Waals surface area contributed by atoms with E-state index in [0.29, 0.717) is 5.75 Å². The molecule has 2 rings (SSSR count). The second kappa shape index (κ2) is 7.43. The van der Waals surface area contributed by atoms with E-state index in [2.05, 4.69) is 31.0 Å². The van der Waals surface area contributed by atoms with E-state index >= 15 is 0 Å². The quantitative estimate of drug-likeness (QED) is 0.926. The van der Waals surface area contributed by atoms with Crippen LogP contribution in [0.4, 0.5) is 4.39 Å². The number of nitrogens with zero attached hydrogens (tertiary/aromatic N) is 1. The zero-order valence-electron chi connectivity index (χ0n) is 13.3. The normalized spacial score (nSPS) is 18.0. The SMILES string of the molecule is COc1ccc(F)c([C@H](N2CCNCC2)C(C)(C)C)c1.Cl. The van der Waals surface area contributed by atoms with Gasteiger partial charge in [0.15, 0.2) is 0 Å². The van der Waals surface area contributed by atoms with E-state index in [1.807, 2.05) is 6.07 Å². The van der Waals surface area contributed by atoms with Crippen LogP contribution in [0, 0.1) is 11.2 Å². The van der Waals surface area contributed by atoms with Crippen LogP contribution in [0.3, 0.4) is 0 Å². The predicted molar refractivity (Wildman–Crippen MR) is 86.8 cm³/mol. The van der Waals surface area contributed by atoms with Gasteiger partial charge in [0.05, 0.1) is 7.11 Å². The average molecular weight is 317 g/mol. The summed E-state index contributed by atoms with van der Waals surface area (Å²) in [6.45, 7) is 10.3. The average Bonchev–Trinajstić information content (AvgIpc) is 2.41. The fourth-order valence-electron chi connectivity index (χ4n) is 3.01. The van der Waals surface area contributed by atoms with E-state index in [0.717, 1.165) is 31.7 Å². The Bertz CT molecular complexity index is 456. The summed E-state index contributed by atoms with van der Waals surface area (Å²) in [5, 5.41) is 3.35. The van der Waals surface area contributed by atoms with Crippen LogP contribution in [0.5, 0.6) is 5.75 Å². The Labute approximate surface area is 133 Å². The molecular formula is C16H26ClFN2O. The van der Waals surface area contributed by atoms with Crippen molar-refractivity contribution in [3.05, 3.63) is 29.6 Å². The van der Waals surface area contributed by atoms with E-state index in [4.69, 9.17) is 4.74 Å². The number of hydrogen-bond donors (Lipinski definition) is 1. The molecule has 5 heteroatoms. The van der Waals surface area contributed by atoms with Crippen LogP contribution in [-0.4, -0.2) is 38.2 Å². The monoisotopic (exact) mass is 316 g/mol. The van der Waals surface area contributed by atoms with E-state index in [-0.39, 0.29) is 29.7 Å². The minimum Gasteiger partial charge on any atom is -0.497 e. The topological polar surface area (TPSA) is 24.5 Å². The molecule has 1 N–H and O–H groups in total. The van der Waals surface area contributed by atoms with Gasteiger partial charge in [-0.3, -0.25) is 4.90 Å². The summed E-state index contributed by atoms with van der Waals surface area (Å²) in [4.78, 5) is 2.37. The standard InChI is InChI=1S/C16H25FN2O.ClH/c1-16(2,3)15(19-9-7-18-8-10-19)13-11-12(20-4)5-6-14(13)17;/h5-6,11,15,18H,7-10H2,1-4H3;1H/t15-;/m0./s1. The Morgan fingerprint density at radius 1 is 1.24 bits per heavy atom. The lowest BCUT2D eigenvalue weighted by Crippen LogP contribution is -2.48. The molecule has 1 saturated heterocycles. The Hall–Kier alpha value is -0.840. The number of methoxy groups -OCH3 is 1. The first-order valence-corrected chi connectivity index (χ1v) is 7.21. The van der Waals surface area contributed by atoms with Crippen molar-refractivity contribution in [2.45, 2.75) is 26.8 Å². The summed E-state index contributed by atoms with van der Waals surface area (Å²) in [5.74, 6) is 0.565. The van der Waals surface area contributed by atoms with Gasteiger partial charge in [-0.15, -0.1) is 12.4 Å². The number of benzene rings is 1. The molecule has 0 amide bonds. The maximum atomic E-state index is 14.3. The first-order chi connectivity index (χ1) is 9.43. The zero-order valence-corrected chi connectivity index (χ0v) is 14.1. The molecule has 0 radical (unpaired) electrons. The van der Waals surface area contributed by atoms with Crippen LogP contribution in [0.1, 0.15) is 32.4 Å². The van der Waals surface area contributed by atoms with Gasteiger partial charge in [-0.1, -0.05) is 20.8 Å². The lowest BCUT2D eigenvalue weighted by atomic mass is 9.80. The van der Waals surface area contributed by atoms with Crippen LogP contribution in [0.2, 0.25) is 0 Å². The van der Waals surface area contributed by atoms with E-state index in [9.17, 15) is 4.39 Å². The molecule has 1 aromatic rings. The van der Waals surface area contributed by atoms with Gasteiger partial charge in [-0.25, -0.2) is 4.39 Å². The molecule has 1 fully saturated rings. The Kier molecular flexibility index (Phi) is 6.44. The van der Waals surface area contributed by atoms with Crippen LogP contribution in [0.15, 0.2) is 18.2 Å². The minimum atomic E-state index is -0.149. The number of halogens is 2. The summed E-state index contributed by atoms with van der Waals surface area (Å²) in [5.41, 5.74) is 0.698. The molecule has 0 aliphatic carbocycles. The molecule has 1 aromatic carbocycles. The number of nitrogens with one attached hydrogen (secondary N) is 1. The van der Waals surface area contributed by atoms with E-state index < -0.39 is 0 Å². The summed E-state index contributed by atoms with van der Waals surface area (Å²) in [6, 6.07) is 5.08. The highest BCUT2D eigenvalue weighted by molar-refractivity contribution is 5.85. The van der Waals surface area contributed by atoms with Gasteiger partial charge in [0.2, 0.25) is 0 Å². The summed E-state index contributed by atoms with van der Waals surface area (Å²) in [7, 11) is 1.62. The molecule has 1 aliphatic rings. The second-order valence-electron chi connectivity index (χ2n) is 6.44. The van der Waals surface area contributed by atoms with Crippen LogP contribution in [-0.2, 0) is 0 Å². The maximum Gasteiger partial charge on any atom is 0.128 e. The van der Waals surface area contributed by atoms with Gasteiger partial charge in [0.1, 0.15) is 11.6 Å². The molecule has 1 heterocycles. The third-order valence-electron chi connectivity index (χ3n) is 3.83. The Morgan fingerprint density at radius 2 is 1.86 bits per heavy atom. The van der Waals surface area contributed by atoms with Crippen molar-refractivity contribution in [1.82, 2.24) is 10.2 Å². The highest BCUT2D eigenvalue weighted by Gasteiger charge is 2.34. The molecule has 120 valence electrons. The van der Waals surface area contributed by atoms with Crippen molar-refractivity contribution in [3.8, 4) is 5.75 Å². The molecule has 1 aliphatic heterocycles. The predicted octanol–water partition coefficient (Wildman–Crippen LogP) is 3.25. The maximum absolute atomic E-state index is 14.3. The lowest BCUT2D eigenvalue weighted by molar-refractivity contribution is 0.0832. The number of rotatable bonds is 3. The van der Waals surface area contributed by atoms with Crippen molar-refractivity contribution in [2.24, 2.45) is 5.41 Å². The highest BCUT2D eigenvalue weighted by Crippen LogP contribution is 2.40. The molecule has 0 spiro atoms. The number of piperazine rings is 1. The van der Waals surface area contributed by atoms with E-state index in [1.165, 1.54) is 6.07 Å². The largest absolute Gasteiger partial charge is 0.497 e. The molecule has 0 saturated carbocycles. The lowest BCUT2D eigenvalue weighted by Gasteiger charge is -2.42. The number of ether oxygens (including phenoxy) is 1. The smallest absolute Gasteiger partial charge is 0.128 e. The third kappa shape index (κ3) is 4.31. The fraction of sp³-hybridized carbons (Fsp3) is 0.625. The Morgan fingerprint density at radius 3 is 2.38 bits per heavy atom. The molecule has 3 nitrogen and oxygen atoms in total. The van der Waals surface area contributed by atoms with Crippen molar-refractivity contribution in [3.63, 3.8) is 0 Å². The van der Waals surface area contributed by atoms with Crippen LogP contribution >= 0.6 is 12.4 Å². The van der Waals surface area contributed by atoms with Gasteiger partial charge in [-0.05, 0) is 23.6 Å². The zero-order chi connectivity index (χ0) is 14.8. The van der Waals surface area contributed by atoms with Gasteiger partial charge < -0.3 is 10.1 Å². The van der Waals surface area contributed by atoms with Gasteiger partial charge in [0.25, 0.3) is 0 Å². The first-order valence-electron chi connectivity index (χ1n) is 7.21. The molecule has 21 heavy (non-hydrogen) atoms. The van der Waals surface area contributed by atoms with Crippen LogP contribution < -0.4 is 10.1 Å². The number of hydrogen-bond acceptors (Lipinski definition) is 3. The van der Waals surface area contributed by atoms with Crippen molar-refractivity contribution >= 4 is 12.4 Å². The Balaban J connectivity index is 0.00000220. The molecular weight excluding hydrogens is 291 g/mol. The molecule has 0 aromatic heterocycles. The fourth-order valence-corrected chi connectivity index (χ4v) is 3.01. The molecule has 0 unspecified atom stereocenters. The van der Waals surface area contributed by atoms with Crippen LogP contribution in [0.25, 0.3) is 0 Å². The summed E-state index contributed by atoms with van der Waals surface area (Å²) in [6.07, 6.45) is 0. The van der Waals surface area contributed by atoms with E-state index in [1.54, 1.807) is 13.2 Å². The summed E-state index contributed by atoms with van der Waals surface area (Å²) >= 11 is 0. The molecule has 0 bridgehead atoms. The van der Waals surface area contributed by atoms with Crippen molar-refractivity contribution in [2.75, 3.05) is 33.3 Å². The summed E-state index contributed by atoms with van der Waals surface area (Å²) < 4.78 is 19.6. The van der Waals surface area contributed by atoms with Gasteiger partial charge in [0, 0.05) is 37.8 Å².